The van der Waals surface area contributed by atoms with Gasteiger partial charge in [0.25, 0.3) is 0 Å². The van der Waals surface area contributed by atoms with Crippen molar-refractivity contribution < 1.29 is 4.74 Å². The summed E-state index contributed by atoms with van der Waals surface area (Å²) in [5, 5.41) is 0. The van der Waals surface area contributed by atoms with Crippen molar-refractivity contribution in [3.8, 4) is 0 Å². The number of ether oxygens (including phenoxy) is 1. The van der Waals surface area contributed by atoms with Crippen LogP contribution in [0.5, 0.6) is 0 Å². The summed E-state index contributed by atoms with van der Waals surface area (Å²) in [6.07, 6.45) is 4.23. The van der Waals surface area contributed by atoms with Crippen molar-refractivity contribution in [3.05, 3.63) is 12.2 Å². The van der Waals surface area contributed by atoms with Gasteiger partial charge >= 0.3 is 0 Å². The van der Waals surface area contributed by atoms with Gasteiger partial charge in [-0.25, -0.2) is 0 Å². The standard InChI is InChI=1S/C14H26O/c1-10(2)9-15-14-8-12(5)6-7-13(14)11(3)4/h10,12-14H,3,6-9H2,1-2,4-5H3/t12-,13+,14-/m1/s1. The van der Waals surface area contributed by atoms with Crippen LogP contribution in [0.1, 0.15) is 47.0 Å². The molecule has 1 saturated carbocycles. The maximum atomic E-state index is 6.03. The molecule has 0 spiro atoms. The van der Waals surface area contributed by atoms with Crippen molar-refractivity contribution in [2.45, 2.75) is 53.1 Å². The molecule has 0 N–H and O–H groups in total. The van der Waals surface area contributed by atoms with Crippen LogP contribution in [0.2, 0.25) is 0 Å². The molecule has 0 saturated heterocycles. The molecule has 1 aliphatic carbocycles. The summed E-state index contributed by atoms with van der Waals surface area (Å²) in [6.45, 7) is 13.9. The fraction of sp³-hybridized carbons (Fsp3) is 0.857. The van der Waals surface area contributed by atoms with Crippen LogP contribution in [0.15, 0.2) is 12.2 Å². The maximum Gasteiger partial charge on any atom is 0.0642 e. The third kappa shape index (κ3) is 3.98. The first-order valence-electron chi connectivity index (χ1n) is 6.27. The SMILES string of the molecule is C=C(C)[C@@H]1CC[C@@H](C)C[C@H]1OCC(C)C. The van der Waals surface area contributed by atoms with Crippen molar-refractivity contribution in [2.24, 2.45) is 17.8 Å². The first-order chi connectivity index (χ1) is 7.00. The van der Waals surface area contributed by atoms with Gasteiger partial charge in [0.05, 0.1) is 6.10 Å². The van der Waals surface area contributed by atoms with Crippen molar-refractivity contribution in [2.75, 3.05) is 6.61 Å². The molecule has 1 nitrogen and oxygen atoms in total. The molecule has 1 heteroatoms. The molecule has 15 heavy (non-hydrogen) atoms. The van der Waals surface area contributed by atoms with Crippen LogP contribution in [-0.2, 0) is 4.74 Å². The molecule has 0 amide bonds. The topological polar surface area (TPSA) is 9.23 Å². The summed E-state index contributed by atoms with van der Waals surface area (Å²) in [5.74, 6) is 2.05. The van der Waals surface area contributed by atoms with Crippen LogP contribution in [-0.4, -0.2) is 12.7 Å². The molecule has 0 aromatic carbocycles. The average molecular weight is 210 g/mol. The lowest BCUT2D eigenvalue weighted by atomic mass is 9.77. The van der Waals surface area contributed by atoms with Crippen LogP contribution in [0.3, 0.4) is 0 Å². The van der Waals surface area contributed by atoms with E-state index < -0.39 is 0 Å². The number of hydrogen-bond donors (Lipinski definition) is 0. The molecule has 0 radical (unpaired) electrons. The highest BCUT2D eigenvalue weighted by Crippen LogP contribution is 2.34. The molecule has 1 rings (SSSR count). The molecular formula is C14H26O. The van der Waals surface area contributed by atoms with Crippen LogP contribution in [0.4, 0.5) is 0 Å². The molecule has 0 heterocycles. The van der Waals surface area contributed by atoms with E-state index in [0.717, 1.165) is 12.5 Å². The van der Waals surface area contributed by atoms with Crippen LogP contribution < -0.4 is 0 Å². The summed E-state index contributed by atoms with van der Waals surface area (Å²) in [6, 6.07) is 0. The van der Waals surface area contributed by atoms with Crippen LogP contribution >= 0.6 is 0 Å². The number of hydrogen-bond acceptors (Lipinski definition) is 1. The van der Waals surface area contributed by atoms with E-state index in [2.05, 4.69) is 34.3 Å². The second-order valence-electron chi connectivity index (χ2n) is 5.64. The van der Waals surface area contributed by atoms with Gasteiger partial charge in [0.15, 0.2) is 0 Å². The number of rotatable bonds is 4. The van der Waals surface area contributed by atoms with Crippen LogP contribution in [0.25, 0.3) is 0 Å². The molecule has 1 fully saturated rings. The summed E-state index contributed by atoms with van der Waals surface area (Å²) < 4.78 is 6.03. The second-order valence-corrected chi connectivity index (χ2v) is 5.64. The van der Waals surface area contributed by atoms with E-state index in [4.69, 9.17) is 4.74 Å². The van der Waals surface area contributed by atoms with Gasteiger partial charge in [-0.1, -0.05) is 32.9 Å². The largest absolute Gasteiger partial charge is 0.377 e. The van der Waals surface area contributed by atoms with Gasteiger partial charge in [0.2, 0.25) is 0 Å². The minimum atomic E-state index is 0.425. The van der Waals surface area contributed by atoms with E-state index in [0.29, 0.717) is 17.9 Å². The average Bonchev–Trinajstić information content (AvgIpc) is 2.14. The molecule has 1 aliphatic rings. The first kappa shape index (κ1) is 12.8. The Kier molecular flexibility index (Phi) is 4.85. The Labute approximate surface area is 94.9 Å². The molecule has 0 aliphatic heterocycles. The van der Waals surface area contributed by atoms with Gasteiger partial charge in [-0.15, -0.1) is 0 Å². The molecule has 0 aromatic rings. The predicted molar refractivity (Wildman–Crippen MR) is 65.9 cm³/mol. The zero-order valence-corrected chi connectivity index (χ0v) is 10.8. The third-order valence-electron chi connectivity index (χ3n) is 3.33. The Hall–Kier alpha value is -0.300. The van der Waals surface area contributed by atoms with Gasteiger partial charge in [-0.3, -0.25) is 0 Å². The molecular weight excluding hydrogens is 184 g/mol. The van der Waals surface area contributed by atoms with E-state index >= 15 is 0 Å². The second kappa shape index (κ2) is 5.69. The van der Waals surface area contributed by atoms with E-state index in [1.807, 2.05) is 0 Å². The zero-order chi connectivity index (χ0) is 11.4. The lowest BCUT2D eigenvalue weighted by Crippen LogP contribution is -2.32. The van der Waals surface area contributed by atoms with Gasteiger partial charge in [-0.2, -0.15) is 0 Å². The molecule has 88 valence electrons. The molecule has 3 atom stereocenters. The van der Waals surface area contributed by atoms with Gasteiger partial charge in [0, 0.05) is 12.5 Å². The summed E-state index contributed by atoms with van der Waals surface area (Å²) >= 11 is 0. The normalized spacial score (nSPS) is 31.9. The van der Waals surface area contributed by atoms with Crippen LogP contribution in [0, 0.1) is 17.8 Å². The van der Waals surface area contributed by atoms with E-state index in [-0.39, 0.29) is 0 Å². The van der Waals surface area contributed by atoms with E-state index in [9.17, 15) is 0 Å². The van der Waals surface area contributed by atoms with E-state index in [1.54, 1.807) is 0 Å². The fourth-order valence-corrected chi connectivity index (χ4v) is 2.39. The lowest BCUT2D eigenvalue weighted by molar-refractivity contribution is -0.0237. The Bertz CT molecular complexity index is 207. The highest BCUT2D eigenvalue weighted by Gasteiger charge is 2.29. The minimum Gasteiger partial charge on any atom is -0.377 e. The Morgan fingerprint density at radius 1 is 1.40 bits per heavy atom. The monoisotopic (exact) mass is 210 g/mol. The van der Waals surface area contributed by atoms with Crippen molar-refractivity contribution in [3.63, 3.8) is 0 Å². The van der Waals surface area contributed by atoms with Crippen molar-refractivity contribution >= 4 is 0 Å². The zero-order valence-electron chi connectivity index (χ0n) is 10.8. The predicted octanol–water partition coefficient (Wildman–Crippen LogP) is 4.04. The third-order valence-corrected chi connectivity index (χ3v) is 3.33. The van der Waals surface area contributed by atoms with Gasteiger partial charge in [0.1, 0.15) is 0 Å². The first-order valence-corrected chi connectivity index (χ1v) is 6.27. The molecule has 0 bridgehead atoms. The maximum absolute atomic E-state index is 6.03. The smallest absolute Gasteiger partial charge is 0.0642 e. The summed E-state index contributed by atoms with van der Waals surface area (Å²) in [4.78, 5) is 0. The van der Waals surface area contributed by atoms with Crippen molar-refractivity contribution in [1.82, 2.24) is 0 Å². The lowest BCUT2D eigenvalue weighted by Gasteiger charge is -2.35. The van der Waals surface area contributed by atoms with Crippen molar-refractivity contribution in [1.29, 1.82) is 0 Å². The van der Waals surface area contributed by atoms with Gasteiger partial charge in [-0.05, 0) is 38.0 Å². The fourth-order valence-electron chi connectivity index (χ4n) is 2.39. The highest BCUT2D eigenvalue weighted by atomic mass is 16.5. The summed E-state index contributed by atoms with van der Waals surface area (Å²) in [5.41, 5.74) is 1.30. The quantitative estimate of drug-likeness (QED) is 0.636. The van der Waals surface area contributed by atoms with E-state index in [1.165, 1.54) is 24.8 Å². The Balaban J connectivity index is 2.50. The Morgan fingerprint density at radius 3 is 2.60 bits per heavy atom. The minimum absolute atomic E-state index is 0.425. The molecule has 0 unspecified atom stereocenters. The van der Waals surface area contributed by atoms with Gasteiger partial charge < -0.3 is 4.74 Å². The highest BCUT2D eigenvalue weighted by molar-refractivity contribution is 5.02. The molecule has 0 aromatic heterocycles. The summed E-state index contributed by atoms with van der Waals surface area (Å²) in [7, 11) is 0. The Morgan fingerprint density at radius 2 is 2.07 bits per heavy atom.